The van der Waals surface area contributed by atoms with E-state index in [-0.39, 0.29) is 0 Å². The summed E-state index contributed by atoms with van der Waals surface area (Å²) >= 11 is 0. The Labute approximate surface area is 145 Å². The number of para-hydroxylation sites is 2. The quantitative estimate of drug-likeness (QED) is 0.497. The molecule has 0 N–H and O–H groups in total. The van der Waals surface area contributed by atoms with Crippen molar-refractivity contribution < 1.29 is 9.47 Å². The van der Waals surface area contributed by atoms with Crippen LogP contribution in [-0.4, -0.2) is 39.3 Å². The molecule has 3 nitrogen and oxygen atoms in total. The number of ether oxygens (including phenoxy) is 2. The molecule has 0 fully saturated rings. The Morgan fingerprint density at radius 3 is 2.04 bits per heavy atom. The number of rotatable bonds is 9. The van der Waals surface area contributed by atoms with E-state index in [1.165, 1.54) is 0 Å². The van der Waals surface area contributed by atoms with Crippen molar-refractivity contribution in [2.24, 2.45) is 0 Å². The maximum absolute atomic E-state index is 5.96. The van der Waals surface area contributed by atoms with Gasteiger partial charge in [0.25, 0.3) is 0 Å². The molecule has 0 aliphatic heterocycles. The van der Waals surface area contributed by atoms with Gasteiger partial charge in [-0.15, -0.1) is 0 Å². The van der Waals surface area contributed by atoms with Gasteiger partial charge in [0.1, 0.15) is 11.5 Å². The molecule has 0 unspecified atom stereocenters. The maximum atomic E-state index is 5.96. The van der Waals surface area contributed by atoms with Crippen LogP contribution in [0.4, 0.5) is 0 Å². The second-order valence-electron chi connectivity index (χ2n) is 5.97. The van der Waals surface area contributed by atoms with E-state index in [2.05, 4.69) is 37.2 Å². The normalized spacial score (nSPS) is 11.2. The lowest BCUT2D eigenvalue weighted by atomic mass is 10.1. The first kappa shape index (κ1) is 18.1. The third-order valence-electron chi connectivity index (χ3n) is 3.76. The van der Waals surface area contributed by atoms with Gasteiger partial charge in [0.15, 0.2) is 0 Å². The van der Waals surface area contributed by atoms with Crippen molar-refractivity contribution in [3.63, 3.8) is 0 Å². The SMILES string of the molecule is COc1ccccc1/C=C/c1ccccc1OCCCCN(C)C. The van der Waals surface area contributed by atoms with Crippen LogP contribution in [0.1, 0.15) is 24.0 Å². The molecular formula is C21H27NO2. The van der Waals surface area contributed by atoms with Crippen LogP contribution in [0.2, 0.25) is 0 Å². The molecule has 128 valence electrons. The van der Waals surface area contributed by atoms with Crippen LogP contribution < -0.4 is 9.47 Å². The highest BCUT2D eigenvalue weighted by Crippen LogP contribution is 2.24. The van der Waals surface area contributed by atoms with Crippen LogP contribution in [0.15, 0.2) is 48.5 Å². The van der Waals surface area contributed by atoms with Gasteiger partial charge in [-0.3, -0.25) is 0 Å². The number of hydrogen-bond acceptors (Lipinski definition) is 3. The Kier molecular flexibility index (Phi) is 7.37. The van der Waals surface area contributed by atoms with Gasteiger partial charge in [-0.05, 0) is 45.6 Å². The van der Waals surface area contributed by atoms with E-state index in [0.29, 0.717) is 0 Å². The maximum Gasteiger partial charge on any atom is 0.126 e. The molecule has 0 aromatic heterocycles. The van der Waals surface area contributed by atoms with Gasteiger partial charge < -0.3 is 14.4 Å². The average Bonchev–Trinajstić information content (AvgIpc) is 2.60. The molecule has 0 aliphatic rings. The Morgan fingerprint density at radius 1 is 0.833 bits per heavy atom. The molecule has 0 amide bonds. The molecule has 0 atom stereocenters. The molecule has 0 saturated carbocycles. The third kappa shape index (κ3) is 5.74. The summed E-state index contributed by atoms with van der Waals surface area (Å²) in [5.41, 5.74) is 2.14. The lowest BCUT2D eigenvalue weighted by Crippen LogP contribution is -2.13. The molecule has 0 spiro atoms. The van der Waals surface area contributed by atoms with E-state index in [0.717, 1.165) is 48.6 Å². The Hall–Kier alpha value is -2.26. The smallest absolute Gasteiger partial charge is 0.126 e. The van der Waals surface area contributed by atoms with E-state index < -0.39 is 0 Å². The van der Waals surface area contributed by atoms with Crippen LogP contribution in [-0.2, 0) is 0 Å². The minimum atomic E-state index is 0.743. The summed E-state index contributed by atoms with van der Waals surface area (Å²) in [6.07, 6.45) is 6.34. The molecule has 24 heavy (non-hydrogen) atoms. The van der Waals surface area contributed by atoms with Crippen LogP contribution in [0.3, 0.4) is 0 Å². The van der Waals surface area contributed by atoms with Gasteiger partial charge in [-0.2, -0.15) is 0 Å². The predicted octanol–water partition coefficient (Wildman–Crippen LogP) is 4.59. The van der Waals surface area contributed by atoms with Gasteiger partial charge in [0, 0.05) is 11.1 Å². The van der Waals surface area contributed by atoms with Crippen molar-refractivity contribution in [3.8, 4) is 11.5 Å². The molecular weight excluding hydrogens is 298 g/mol. The molecule has 3 heteroatoms. The van der Waals surface area contributed by atoms with Gasteiger partial charge in [0.05, 0.1) is 13.7 Å². The number of hydrogen-bond donors (Lipinski definition) is 0. The van der Waals surface area contributed by atoms with E-state index in [4.69, 9.17) is 9.47 Å². The molecule has 0 heterocycles. The molecule has 0 radical (unpaired) electrons. The largest absolute Gasteiger partial charge is 0.496 e. The number of methoxy groups -OCH3 is 1. The fourth-order valence-electron chi connectivity index (χ4n) is 2.45. The van der Waals surface area contributed by atoms with Gasteiger partial charge >= 0.3 is 0 Å². The second kappa shape index (κ2) is 9.78. The Balaban J connectivity index is 1.99. The highest BCUT2D eigenvalue weighted by molar-refractivity contribution is 5.74. The zero-order valence-electron chi connectivity index (χ0n) is 14.9. The van der Waals surface area contributed by atoms with Crippen LogP contribution >= 0.6 is 0 Å². The summed E-state index contributed by atoms with van der Waals surface area (Å²) in [5.74, 6) is 1.80. The zero-order valence-corrected chi connectivity index (χ0v) is 14.9. The first-order chi connectivity index (χ1) is 11.7. The van der Waals surface area contributed by atoms with Crippen molar-refractivity contribution in [3.05, 3.63) is 59.7 Å². The fourth-order valence-corrected chi connectivity index (χ4v) is 2.45. The highest BCUT2D eigenvalue weighted by Gasteiger charge is 2.02. The van der Waals surface area contributed by atoms with Gasteiger partial charge in [-0.25, -0.2) is 0 Å². The molecule has 2 rings (SSSR count). The summed E-state index contributed by atoms with van der Waals surface area (Å²) in [6, 6.07) is 16.1. The summed E-state index contributed by atoms with van der Waals surface area (Å²) in [7, 11) is 5.88. The van der Waals surface area contributed by atoms with E-state index in [1.54, 1.807) is 7.11 Å². The van der Waals surface area contributed by atoms with E-state index in [9.17, 15) is 0 Å². The molecule has 0 aliphatic carbocycles. The van der Waals surface area contributed by atoms with Crippen molar-refractivity contribution >= 4 is 12.2 Å². The monoisotopic (exact) mass is 325 g/mol. The third-order valence-corrected chi connectivity index (χ3v) is 3.76. The predicted molar refractivity (Wildman–Crippen MR) is 102 cm³/mol. The summed E-state index contributed by atoms with van der Waals surface area (Å²) in [6.45, 7) is 1.84. The molecule has 2 aromatic rings. The number of unbranched alkanes of at least 4 members (excludes halogenated alkanes) is 1. The Morgan fingerprint density at radius 2 is 1.42 bits per heavy atom. The summed E-state index contributed by atoms with van der Waals surface area (Å²) in [4.78, 5) is 2.20. The first-order valence-electron chi connectivity index (χ1n) is 8.38. The van der Waals surface area contributed by atoms with Crippen molar-refractivity contribution in [2.45, 2.75) is 12.8 Å². The molecule has 0 saturated heterocycles. The fraction of sp³-hybridized carbons (Fsp3) is 0.333. The van der Waals surface area contributed by atoms with Crippen molar-refractivity contribution in [2.75, 3.05) is 34.4 Å². The number of benzene rings is 2. The van der Waals surface area contributed by atoms with E-state index >= 15 is 0 Å². The van der Waals surface area contributed by atoms with Crippen molar-refractivity contribution in [1.29, 1.82) is 0 Å². The van der Waals surface area contributed by atoms with Gasteiger partial charge in [-0.1, -0.05) is 48.6 Å². The van der Waals surface area contributed by atoms with Crippen LogP contribution in [0.5, 0.6) is 11.5 Å². The topological polar surface area (TPSA) is 21.7 Å². The Bertz CT molecular complexity index is 650. The minimum absolute atomic E-state index is 0.743. The van der Waals surface area contributed by atoms with Crippen LogP contribution in [0, 0.1) is 0 Å². The summed E-state index contributed by atoms with van der Waals surface area (Å²) in [5, 5.41) is 0. The van der Waals surface area contributed by atoms with E-state index in [1.807, 2.05) is 42.5 Å². The lowest BCUT2D eigenvalue weighted by molar-refractivity contribution is 0.292. The minimum Gasteiger partial charge on any atom is -0.496 e. The lowest BCUT2D eigenvalue weighted by Gasteiger charge is -2.11. The summed E-state index contributed by atoms with van der Waals surface area (Å²) < 4.78 is 11.4. The molecule has 2 aromatic carbocycles. The zero-order chi connectivity index (χ0) is 17.2. The standard InChI is InChI=1S/C21H27NO2/c1-22(2)16-8-9-17-24-21-13-7-5-11-19(21)15-14-18-10-4-6-12-20(18)23-3/h4-7,10-15H,8-9,16-17H2,1-3H3/b15-14+. The highest BCUT2D eigenvalue weighted by atomic mass is 16.5. The molecule has 0 bridgehead atoms. The van der Waals surface area contributed by atoms with Crippen LogP contribution in [0.25, 0.3) is 12.2 Å². The van der Waals surface area contributed by atoms with Gasteiger partial charge in [0.2, 0.25) is 0 Å². The first-order valence-corrected chi connectivity index (χ1v) is 8.38. The number of nitrogens with zero attached hydrogens (tertiary/aromatic N) is 1. The van der Waals surface area contributed by atoms with Crippen molar-refractivity contribution in [1.82, 2.24) is 4.90 Å². The average molecular weight is 325 g/mol. The second-order valence-corrected chi connectivity index (χ2v) is 5.97.